The third-order valence-electron chi connectivity index (χ3n) is 2.24. The second kappa shape index (κ2) is 6.18. The molecule has 0 bridgehead atoms. The summed E-state index contributed by atoms with van der Waals surface area (Å²) in [6, 6.07) is 9.57. The zero-order valence-electron chi connectivity index (χ0n) is 8.90. The molecule has 2 N–H and O–H groups in total. The van der Waals surface area contributed by atoms with Gasteiger partial charge in [-0.1, -0.05) is 19.1 Å². The van der Waals surface area contributed by atoms with Crippen molar-refractivity contribution in [2.45, 2.75) is 26.0 Å². The summed E-state index contributed by atoms with van der Waals surface area (Å²) in [5, 5.41) is 21.2. The molecule has 15 heavy (non-hydrogen) atoms. The molecule has 0 aliphatic heterocycles. The first-order valence-electron chi connectivity index (χ1n) is 5.14. The van der Waals surface area contributed by atoms with Gasteiger partial charge in [0.2, 0.25) is 0 Å². The number of benzene rings is 1. The molecule has 3 heteroatoms. The van der Waals surface area contributed by atoms with Gasteiger partial charge in [0.15, 0.2) is 0 Å². The number of nitrogens with zero attached hydrogens (tertiary/aromatic N) is 1. The number of nitriles is 1. The average molecular weight is 204 g/mol. The molecule has 1 aromatic carbocycles. The van der Waals surface area contributed by atoms with Gasteiger partial charge in [-0.2, -0.15) is 5.26 Å². The minimum atomic E-state index is -0.288. The molecule has 0 heterocycles. The van der Waals surface area contributed by atoms with E-state index in [1.165, 1.54) is 0 Å². The van der Waals surface area contributed by atoms with Crippen molar-refractivity contribution in [2.24, 2.45) is 0 Å². The Hall–Kier alpha value is -1.37. The number of aliphatic hydroxyl groups excluding tert-OH is 1. The molecule has 3 nitrogen and oxygen atoms in total. The molecular weight excluding hydrogens is 188 g/mol. The molecule has 0 spiro atoms. The Morgan fingerprint density at radius 3 is 3.00 bits per heavy atom. The van der Waals surface area contributed by atoms with Crippen molar-refractivity contribution < 1.29 is 5.11 Å². The van der Waals surface area contributed by atoms with Crippen LogP contribution in [-0.4, -0.2) is 17.8 Å². The Balaban J connectivity index is 2.41. The first-order chi connectivity index (χ1) is 7.26. The minimum absolute atomic E-state index is 0.288. The smallest absolute Gasteiger partial charge is 0.0991 e. The third-order valence-corrected chi connectivity index (χ3v) is 2.24. The second-order valence-electron chi connectivity index (χ2n) is 3.51. The Bertz CT molecular complexity index is 344. The van der Waals surface area contributed by atoms with Crippen LogP contribution in [0.15, 0.2) is 24.3 Å². The van der Waals surface area contributed by atoms with Crippen LogP contribution in [0.3, 0.4) is 0 Å². The summed E-state index contributed by atoms with van der Waals surface area (Å²) in [5.41, 5.74) is 1.74. The fourth-order valence-electron chi connectivity index (χ4n) is 1.28. The molecule has 0 aliphatic rings. The standard InChI is InChI=1S/C12H16N2O/c1-2-12(15)9-14-8-11-5-3-4-10(6-11)7-13/h3-6,12,14-15H,2,8-9H2,1H3. The molecule has 80 valence electrons. The van der Waals surface area contributed by atoms with Crippen molar-refractivity contribution in [3.8, 4) is 6.07 Å². The van der Waals surface area contributed by atoms with E-state index in [0.29, 0.717) is 18.7 Å². The Morgan fingerprint density at radius 2 is 2.33 bits per heavy atom. The molecule has 1 aromatic rings. The van der Waals surface area contributed by atoms with E-state index in [9.17, 15) is 5.11 Å². The fourth-order valence-corrected chi connectivity index (χ4v) is 1.28. The predicted octanol–water partition coefficient (Wildman–Crippen LogP) is 1.42. The third kappa shape index (κ3) is 4.11. The highest BCUT2D eigenvalue weighted by Crippen LogP contribution is 2.03. The zero-order valence-corrected chi connectivity index (χ0v) is 8.90. The number of nitrogens with one attached hydrogen (secondary N) is 1. The molecule has 0 fully saturated rings. The van der Waals surface area contributed by atoms with Crippen molar-refractivity contribution in [1.29, 1.82) is 5.26 Å². The van der Waals surface area contributed by atoms with Gasteiger partial charge in [-0.15, -0.1) is 0 Å². The van der Waals surface area contributed by atoms with Crippen LogP contribution in [0.1, 0.15) is 24.5 Å². The maximum Gasteiger partial charge on any atom is 0.0991 e. The molecule has 0 radical (unpaired) electrons. The summed E-state index contributed by atoms with van der Waals surface area (Å²) >= 11 is 0. The molecule has 0 saturated carbocycles. The van der Waals surface area contributed by atoms with Crippen molar-refractivity contribution in [1.82, 2.24) is 5.32 Å². The predicted molar refractivity (Wildman–Crippen MR) is 59.2 cm³/mol. The van der Waals surface area contributed by atoms with Crippen LogP contribution in [0.5, 0.6) is 0 Å². The van der Waals surface area contributed by atoms with E-state index in [4.69, 9.17) is 5.26 Å². The molecule has 0 amide bonds. The van der Waals surface area contributed by atoms with E-state index in [1.807, 2.05) is 25.1 Å². The SMILES string of the molecule is CCC(O)CNCc1cccc(C#N)c1. The summed E-state index contributed by atoms with van der Waals surface area (Å²) < 4.78 is 0. The Kier molecular flexibility index (Phi) is 4.82. The van der Waals surface area contributed by atoms with E-state index in [2.05, 4.69) is 11.4 Å². The Labute approximate surface area is 90.4 Å². The summed E-state index contributed by atoms with van der Waals surface area (Å²) in [5.74, 6) is 0. The Morgan fingerprint density at radius 1 is 1.53 bits per heavy atom. The minimum Gasteiger partial charge on any atom is -0.392 e. The first kappa shape index (κ1) is 11.7. The molecule has 1 unspecified atom stereocenters. The highest BCUT2D eigenvalue weighted by atomic mass is 16.3. The van der Waals surface area contributed by atoms with Crippen LogP contribution in [0, 0.1) is 11.3 Å². The quantitative estimate of drug-likeness (QED) is 0.762. The summed E-state index contributed by atoms with van der Waals surface area (Å²) in [6.45, 7) is 3.22. The fraction of sp³-hybridized carbons (Fsp3) is 0.417. The van der Waals surface area contributed by atoms with Crippen molar-refractivity contribution in [2.75, 3.05) is 6.54 Å². The maximum absolute atomic E-state index is 9.32. The second-order valence-corrected chi connectivity index (χ2v) is 3.51. The van der Waals surface area contributed by atoms with E-state index >= 15 is 0 Å². The van der Waals surface area contributed by atoms with Crippen LogP contribution in [0.4, 0.5) is 0 Å². The van der Waals surface area contributed by atoms with E-state index in [0.717, 1.165) is 12.0 Å². The van der Waals surface area contributed by atoms with Gasteiger partial charge in [-0.05, 0) is 24.1 Å². The number of hydrogen-bond acceptors (Lipinski definition) is 3. The van der Waals surface area contributed by atoms with Gasteiger partial charge < -0.3 is 10.4 Å². The topological polar surface area (TPSA) is 56.0 Å². The monoisotopic (exact) mass is 204 g/mol. The first-order valence-corrected chi connectivity index (χ1v) is 5.14. The van der Waals surface area contributed by atoms with Gasteiger partial charge in [-0.25, -0.2) is 0 Å². The highest BCUT2D eigenvalue weighted by Gasteiger charge is 1.99. The lowest BCUT2D eigenvalue weighted by Gasteiger charge is -2.09. The van der Waals surface area contributed by atoms with Gasteiger partial charge >= 0.3 is 0 Å². The largest absolute Gasteiger partial charge is 0.392 e. The summed E-state index contributed by atoms with van der Waals surface area (Å²) in [4.78, 5) is 0. The maximum atomic E-state index is 9.32. The van der Waals surface area contributed by atoms with Crippen LogP contribution in [0.2, 0.25) is 0 Å². The summed E-state index contributed by atoms with van der Waals surface area (Å²) in [6.07, 6.45) is 0.467. The number of hydrogen-bond donors (Lipinski definition) is 2. The van der Waals surface area contributed by atoms with Crippen LogP contribution in [-0.2, 0) is 6.54 Å². The lowest BCUT2D eigenvalue weighted by molar-refractivity contribution is 0.167. The van der Waals surface area contributed by atoms with Gasteiger partial charge in [0, 0.05) is 13.1 Å². The van der Waals surface area contributed by atoms with Gasteiger partial charge in [0.25, 0.3) is 0 Å². The van der Waals surface area contributed by atoms with Crippen molar-refractivity contribution in [3.05, 3.63) is 35.4 Å². The molecule has 1 atom stereocenters. The van der Waals surface area contributed by atoms with Gasteiger partial charge in [-0.3, -0.25) is 0 Å². The number of aliphatic hydroxyl groups is 1. The zero-order chi connectivity index (χ0) is 11.1. The van der Waals surface area contributed by atoms with Crippen LogP contribution < -0.4 is 5.32 Å². The van der Waals surface area contributed by atoms with Gasteiger partial charge in [0.05, 0.1) is 17.7 Å². The van der Waals surface area contributed by atoms with Crippen molar-refractivity contribution >= 4 is 0 Å². The number of rotatable bonds is 5. The molecule has 0 saturated heterocycles. The highest BCUT2D eigenvalue weighted by molar-refractivity contribution is 5.32. The molecular formula is C12H16N2O. The van der Waals surface area contributed by atoms with Crippen molar-refractivity contribution in [3.63, 3.8) is 0 Å². The lowest BCUT2D eigenvalue weighted by atomic mass is 10.1. The molecule has 1 rings (SSSR count). The van der Waals surface area contributed by atoms with Gasteiger partial charge in [0.1, 0.15) is 0 Å². The van der Waals surface area contributed by atoms with E-state index in [-0.39, 0.29) is 6.10 Å². The van der Waals surface area contributed by atoms with Crippen LogP contribution >= 0.6 is 0 Å². The average Bonchev–Trinajstić information content (AvgIpc) is 2.29. The molecule has 0 aromatic heterocycles. The normalized spacial score (nSPS) is 12.1. The van der Waals surface area contributed by atoms with Crippen LogP contribution in [0.25, 0.3) is 0 Å². The molecule has 0 aliphatic carbocycles. The summed E-state index contributed by atoms with van der Waals surface area (Å²) in [7, 11) is 0. The van der Waals surface area contributed by atoms with E-state index < -0.39 is 0 Å². The lowest BCUT2D eigenvalue weighted by Crippen LogP contribution is -2.25. The van der Waals surface area contributed by atoms with E-state index in [1.54, 1.807) is 6.07 Å².